The van der Waals surface area contributed by atoms with Gasteiger partial charge in [-0.1, -0.05) is 0 Å². The Morgan fingerprint density at radius 2 is 1.77 bits per heavy atom. The van der Waals surface area contributed by atoms with Crippen LogP contribution in [0.25, 0.3) is 0 Å². The van der Waals surface area contributed by atoms with Crippen LogP contribution in [-0.4, -0.2) is 60.1 Å². The Kier molecular flexibility index (Phi) is 4.61. The van der Waals surface area contributed by atoms with Crippen molar-refractivity contribution >= 4 is 0 Å². The van der Waals surface area contributed by atoms with E-state index in [0.717, 1.165) is 13.2 Å². The van der Waals surface area contributed by atoms with Crippen molar-refractivity contribution in [2.45, 2.75) is 24.7 Å². The molecule has 3 unspecified atom stereocenters. The van der Waals surface area contributed by atoms with Crippen LogP contribution in [0.5, 0.6) is 0 Å². The van der Waals surface area contributed by atoms with Gasteiger partial charge in [0.15, 0.2) is 0 Å². The summed E-state index contributed by atoms with van der Waals surface area (Å²) in [6.07, 6.45) is -1.36. The predicted molar refractivity (Wildman–Crippen MR) is 44.3 cm³/mol. The number of rotatable bonds is 4. The number of hydrogen-bond donors (Lipinski definition) is 3. The van der Waals surface area contributed by atoms with Gasteiger partial charge in [-0.2, -0.15) is 0 Å². The van der Waals surface area contributed by atoms with Gasteiger partial charge in [0.1, 0.15) is 6.10 Å². The van der Waals surface area contributed by atoms with Crippen LogP contribution >= 0.6 is 0 Å². The minimum atomic E-state index is -1.02. The normalized spacial score (nSPS) is 28.4. The van der Waals surface area contributed by atoms with Crippen LogP contribution in [0.1, 0.15) is 6.42 Å². The molecule has 0 aromatic rings. The second-order valence-electron chi connectivity index (χ2n) is 3.12. The summed E-state index contributed by atoms with van der Waals surface area (Å²) >= 11 is 0. The molecule has 0 spiro atoms. The van der Waals surface area contributed by atoms with Gasteiger partial charge in [-0.05, 0) is 0 Å². The summed E-state index contributed by atoms with van der Waals surface area (Å²) in [5.41, 5.74) is 0. The molecule has 0 aromatic heterocycles. The third-order valence-corrected chi connectivity index (χ3v) is 1.74. The minimum Gasteiger partial charge on any atom is -0.394 e. The Labute approximate surface area is 76.9 Å². The van der Waals surface area contributed by atoms with Gasteiger partial charge in [-0.25, -0.2) is 0 Å². The van der Waals surface area contributed by atoms with Crippen molar-refractivity contribution in [2.24, 2.45) is 0 Å². The monoisotopic (exact) mass is 192 g/mol. The van der Waals surface area contributed by atoms with Gasteiger partial charge >= 0.3 is 0 Å². The number of ether oxygens (including phenoxy) is 2. The maximum absolute atomic E-state index is 9.04. The lowest BCUT2D eigenvalue weighted by Gasteiger charge is -2.13. The lowest BCUT2D eigenvalue weighted by Crippen LogP contribution is -2.30. The summed E-state index contributed by atoms with van der Waals surface area (Å²) in [4.78, 5) is 0. The summed E-state index contributed by atoms with van der Waals surface area (Å²) in [5.74, 6) is 0. The first-order valence-electron chi connectivity index (χ1n) is 4.40. The van der Waals surface area contributed by atoms with E-state index in [1.54, 1.807) is 0 Å². The van der Waals surface area contributed by atoms with Gasteiger partial charge in [0, 0.05) is 6.42 Å². The first-order chi connectivity index (χ1) is 6.24. The summed E-state index contributed by atoms with van der Waals surface area (Å²) < 4.78 is 9.32. The van der Waals surface area contributed by atoms with E-state index in [1.807, 2.05) is 0 Å². The molecule has 2 rings (SSSR count). The summed E-state index contributed by atoms with van der Waals surface area (Å²) in [7, 11) is 0. The molecule has 0 bridgehead atoms. The van der Waals surface area contributed by atoms with Crippen molar-refractivity contribution in [2.75, 3.05) is 26.4 Å². The van der Waals surface area contributed by atoms with Gasteiger partial charge in [0.05, 0.1) is 38.6 Å². The Bertz CT molecular complexity index is 132. The quantitative estimate of drug-likeness (QED) is 0.472. The fourth-order valence-corrected chi connectivity index (χ4v) is 0.752. The van der Waals surface area contributed by atoms with E-state index in [-0.39, 0.29) is 6.10 Å². The predicted octanol–water partition coefficient (Wildman–Crippen LogP) is -1.49. The summed E-state index contributed by atoms with van der Waals surface area (Å²) in [6.45, 7) is 2.27. The lowest BCUT2D eigenvalue weighted by molar-refractivity contribution is -0.0204. The maximum atomic E-state index is 9.04. The molecule has 13 heavy (non-hydrogen) atoms. The number of epoxide rings is 2. The number of hydrogen-bond acceptors (Lipinski definition) is 5. The summed E-state index contributed by atoms with van der Waals surface area (Å²) in [5, 5.41) is 26.3. The van der Waals surface area contributed by atoms with Gasteiger partial charge in [0.25, 0.3) is 0 Å². The van der Waals surface area contributed by atoms with Crippen molar-refractivity contribution in [1.29, 1.82) is 0 Å². The molecule has 5 nitrogen and oxygen atoms in total. The highest BCUT2D eigenvalue weighted by Gasteiger charge is 2.28. The van der Waals surface area contributed by atoms with Crippen molar-refractivity contribution in [1.82, 2.24) is 0 Å². The molecular weight excluding hydrogens is 176 g/mol. The van der Waals surface area contributed by atoms with E-state index in [4.69, 9.17) is 20.1 Å². The second-order valence-corrected chi connectivity index (χ2v) is 3.12. The van der Waals surface area contributed by atoms with Crippen LogP contribution in [0.4, 0.5) is 0 Å². The first-order valence-corrected chi connectivity index (χ1v) is 4.40. The van der Waals surface area contributed by atoms with Crippen molar-refractivity contribution < 1.29 is 24.8 Å². The zero-order valence-electron chi connectivity index (χ0n) is 7.43. The summed E-state index contributed by atoms with van der Waals surface area (Å²) in [6, 6.07) is 0. The van der Waals surface area contributed by atoms with Crippen LogP contribution in [0.3, 0.4) is 0 Å². The van der Waals surface area contributed by atoms with Gasteiger partial charge in [-0.3, -0.25) is 0 Å². The Morgan fingerprint density at radius 1 is 1.23 bits per heavy atom. The van der Waals surface area contributed by atoms with Crippen LogP contribution in [0.2, 0.25) is 0 Å². The Morgan fingerprint density at radius 3 is 2.08 bits per heavy atom. The van der Waals surface area contributed by atoms with Gasteiger partial charge in [0.2, 0.25) is 0 Å². The Hall–Kier alpha value is -0.200. The first kappa shape index (κ1) is 10.9. The van der Waals surface area contributed by atoms with Gasteiger partial charge < -0.3 is 24.8 Å². The molecule has 0 radical (unpaired) electrons. The molecule has 0 saturated carbocycles. The molecular formula is C8H16O5. The fourth-order valence-electron chi connectivity index (χ4n) is 0.752. The molecule has 2 saturated heterocycles. The Balaban J connectivity index is 0.000000236. The smallest absolute Gasteiger partial charge is 0.103 e. The zero-order chi connectivity index (χ0) is 9.68. The van der Waals surface area contributed by atoms with Gasteiger partial charge in [-0.15, -0.1) is 0 Å². The highest BCUT2D eigenvalue weighted by atomic mass is 16.6. The molecule has 0 amide bonds. The van der Waals surface area contributed by atoms with E-state index >= 15 is 0 Å². The molecule has 0 aromatic carbocycles. The third kappa shape index (κ3) is 5.95. The lowest BCUT2D eigenvalue weighted by atomic mass is 10.1. The van der Waals surface area contributed by atoms with Crippen molar-refractivity contribution in [3.05, 3.63) is 0 Å². The van der Waals surface area contributed by atoms with Crippen molar-refractivity contribution in [3.63, 3.8) is 0 Å². The van der Waals surface area contributed by atoms with E-state index < -0.39 is 18.8 Å². The zero-order valence-corrected chi connectivity index (χ0v) is 7.43. The number of aliphatic hydroxyl groups excluding tert-OH is 3. The number of aliphatic hydroxyl groups is 3. The van der Waals surface area contributed by atoms with Crippen LogP contribution in [-0.2, 0) is 9.47 Å². The van der Waals surface area contributed by atoms with E-state index in [9.17, 15) is 0 Å². The SMILES string of the molecule is C1CO1.OCC(O)C(O)CC1CO1. The molecule has 78 valence electrons. The van der Waals surface area contributed by atoms with E-state index in [1.165, 1.54) is 0 Å². The minimum absolute atomic E-state index is 0.0937. The largest absolute Gasteiger partial charge is 0.394 e. The molecule has 2 fully saturated rings. The van der Waals surface area contributed by atoms with E-state index in [0.29, 0.717) is 13.0 Å². The average molecular weight is 192 g/mol. The second kappa shape index (κ2) is 5.51. The fraction of sp³-hybridized carbons (Fsp3) is 1.00. The van der Waals surface area contributed by atoms with Crippen LogP contribution < -0.4 is 0 Å². The standard InChI is InChI=1S/C6H12O4.C2H4O/c7-2-6(9)5(8)1-4-3-10-4;1-2-3-1/h4-9H,1-3H2;1-2H2. The molecule has 2 aliphatic rings. The highest BCUT2D eigenvalue weighted by molar-refractivity contribution is 4.77. The topological polar surface area (TPSA) is 85.8 Å². The van der Waals surface area contributed by atoms with E-state index in [2.05, 4.69) is 4.74 Å². The third-order valence-electron chi connectivity index (χ3n) is 1.74. The molecule has 2 aliphatic heterocycles. The molecule has 0 aliphatic carbocycles. The molecule has 5 heteroatoms. The van der Waals surface area contributed by atoms with Crippen LogP contribution in [0.15, 0.2) is 0 Å². The average Bonchev–Trinajstić information content (AvgIpc) is 2.92. The van der Waals surface area contributed by atoms with Crippen molar-refractivity contribution in [3.8, 4) is 0 Å². The van der Waals surface area contributed by atoms with Crippen LogP contribution in [0, 0.1) is 0 Å². The molecule has 3 atom stereocenters. The molecule has 2 heterocycles. The molecule has 3 N–H and O–H groups in total. The highest BCUT2D eigenvalue weighted by Crippen LogP contribution is 2.16. The maximum Gasteiger partial charge on any atom is 0.103 e.